The van der Waals surface area contributed by atoms with Crippen LogP contribution < -0.4 is 0 Å². The van der Waals surface area contributed by atoms with Crippen molar-refractivity contribution in [2.45, 2.75) is 32.6 Å². The summed E-state index contributed by atoms with van der Waals surface area (Å²) in [6.07, 6.45) is 0.954. The third-order valence-electron chi connectivity index (χ3n) is 1.87. The fourth-order valence-corrected chi connectivity index (χ4v) is 1.43. The van der Waals surface area contributed by atoms with E-state index in [1.165, 1.54) is 0 Å². The van der Waals surface area contributed by atoms with E-state index >= 15 is 0 Å². The van der Waals surface area contributed by atoms with Crippen molar-refractivity contribution in [2.75, 3.05) is 25.5 Å². The first-order valence-electron chi connectivity index (χ1n) is 4.77. The number of nitrogens with zero attached hydrogens (tertiary/aromatic N) is 1. The quantitative estimate of drug-likeness (QED) is 0.443. The Bertz CT molecular complexity index is 112. The van der Waals surface area contributed by atoms with Crippen LogP contribution in [0.4, 0.5) is 8.78 Å². The molecule has 0 atom stereocenters. The second-order valence-corrected chi connectivity index (χ2v) is 3.47. The molecule has 0 aliphatic rings. The van der Waals surface area contributed by atoms with Gasteiger partial charge in [0, 0.05) is 12.4 Å². The fourth-order valence-electron chi connectivity index (χ4n) is 1.19. The van der Waals surface area contributed by atoms with E-state index in [0.29, 0.717) is 12.4 Å². The minimum absolute atomic E-state index is 0.142. The Morgan fingerprint density at radius 3 is 2.38 bits per heavy atom. The molecule has 0 N–H and O–H groups in total. The highest BCUT2D eigenvalue weighted by atomic mass is 35.5. The SMILES string of the molecule is CCCCCN(CCCl)CC(F)F. The zero-order valence-electron chi connectivity index (χ0n) is 8.11. The maximum atomic E-state index is 12.0. The molecule has 0 unspecified atom stereocenters. The fraction of sp³-hybridized carbons (Fsp3) is 1.00. The second-order valence-electron chi connectivity index (χ2n) is 3.09. The van der Waals surface area contributed by atoms with Gasteiger partial charge >= 0.3 is 0 Å². The highest BCUT2D eigenvalue weighted by Crippen LogP contribution is 2.02. The highest BCUT2D eigenvalue weighted by molar-refractivity contribution is 6.18. The van der Waals surface area contributed by atoms with Crippen molar-refractivity contribution < 1.29 is 8.78 Å². The van der Waals surface area contributed by atoms with Gasteiger partial charge < -0.3 is 0 Å². The Hall–Kier alpha value is 0.110. The molecular weight excluding hydrogens is 196 g/mol. The standard InChI is InChI=1S/C9H18ClF2N/c1-2-3-4-6-13(7-5-10)8-9(11)12/h9H,2-8H2,1H3. The van der Waals surface area contributed by atoms with E-state index < -0.39 is 6.43 Å². The molecule has 4 heteroatoms. The number of rotatable bonds is 8. The van der Waals surface area contributed by atoms with Gasteiger partial charge in [-0.2, -0.15) is 0 Å². The summed E-state index contributed by atoms with van der Waals surface area (Å²) in [6.45, 7) is 3.26. The summed E-state index contributed by atoms with van der Waals surface area (Å²) in [5, 5.41) is 0. The first-order valence-corrected chi connectivity index (χ1v) is 5.30. The Labute approximate surface area is 84.1 Å². The number of halogens is 3. The molecule has 0 aliphatic carbocycles. The molecule has 0 bridgehead atoms. The molecule has 0 rings (SSSR count). The Kier molecular flexibility index (Phi) is 8.77. The van der Waals surface area contributed by atoms with E-state index in [1.807, 2.05) is 0 Å². The summed E-state index contributed by atoms with van der Waals surface area (Å²) >= 11 is 5.51. The van der Waals surface area contributed by atoms with Gasteiger partial charge in [0.25, 0.3) is 6.43 Å². The van der Waals surface area contributed by atoms with E-state index in [4.69, 9.17) is 11.6 Å². The van der Waals surface area contributed by atoms with Gasteiger partial charge in [-0.3, -0.25) is 4.90 Å². The average molecular weight is 214 g/mol. The topological polar surface area (TPSA) is 3.24 Å². The summed E-state index contributed by atoms with van der Waals surface area (Å²) in [7, 11) is 0. The third kappa shape index (κ3) is 8.44. The molecule has 0 heterocycles. The van der Waals surface area contributed by atoms with E-state index in [-0.39, 0.29) is 6.54 Å². The van der Waals surface area contributed by atoms with Crippen LogP contribution in [0.2, 0.25) is 0 Å². The lowest BCUT2D eigenvalue weighted by atomic mass is 10.2. The van der Waals surface area contributed by atoms with Crippen molar-refractivity contribution in [1.29, 1.82) is 0 Å². The molecule has 80 valence electrons. The predicted octanol–water partition coefficient (Wildman–Crippen LogP) is 2.98. The normalized spacial score (nSPS) is 11.5. The lowest BCUT2D eigenvalue weighted by Gasteiger charge is -2.20. The first-order chi connectivity index (χ1) is 6.20. The molecule has 0 aromatic rings. The predicted molar refractivity (Wildman–Crippen MR) is 52.7 cm³/mol. The molecule has 1 nitrogen and oxygen atoms in total. The molecular formula is C9H18ClF2N. The minimum Gasteiger partial charge on any atom is -0.297 e. The minimum atomic E-state index is -2.25. The summed E-state index contributed by atoms with van der Waals surface area (Å²) in [5.74, 6) is 0.429. The Morgan fingerprint density at radius 1 is 1.23 bits per heavy atom. The van der Waals surface area contributed by atoms with Crippen LogP contribution in [0.15, 0.2) is 0 Å². The summed E-state index contributed by atoms with van der Waals surface area (Å²) in [6, 6.07) is 0. The van der Waals surface area contributed by atoms with Crippen LogP contribution in [0.5, 0.6) is 0 Å². The van der Waals surface area contributed by atoms with Crippen LogP contribution in [-0.2, 0) is 0 Å². The monoisotopic (exact) mass is 213 g/mol. The number of hydrogen-bond donors (Lipinski definition) is 0. The lowest BCUT2D eigenvalue weighted by Crippen LogP contribution is -2.31. The molecule has 0 amide bonds. The van der Waals surface area contributed by atoms with Crippen LogP contribution >= 0.6 is 11.6 Å². The average Bonchev–Trinajstić information content (AvgIpc) is 2.04. The van der Waals surface area contributed by atoms with E-state index in [1.54, 1.807) is 4.90 Å². The van der Waals surface area contributed by atoms with Crippen molar-refractivity contribution in [1.82, 2.24) is 4.90 Å². The van der Waals surface area contributed by atoms with Crippen LogP contribution in [0.25, 0.3) is 0 Å². The van der Waals surface area contributed by atoms with Gasteiger partial charge in [0.15, 0.2) is 0 Å². The van der Waals surface area contributed by atoms with Gasteiger partial charge in [0.05, 0.1) is 6.54 Å². The molecule has 0 saturated heterocycles. The number of unbranched alkanes of at least 4 members (excludes halogenated alkanes) is 2. The summed E-state index contributed by atoms with van der Waals surface area (Å²) in [4.78, 5) is 1.73. The smallest absolute Gasteiger partial charge is 0.251 e. The van der Waals surface area contributed by atoms with Gasteiger partial charge in [-0.25, -0.2) is 8.78 Å². The van der Waals surface area contributed by atoms with Gasteiger partial charge in [-0.1, -0.05) is 19.8 Å². The van der Waals surface area contributed by atoms with Crippen LogP contribution in [0.1, 0.15) is 26.2 Å². The van der Waals surface area contributed by atoms with Crippen molar-refractivity contribution in [3.63, 3.8) is 0 Å². The highest BCUT2D eigenvalue weighted by Gasteiger charge is 2.10. The summed E-state index contributed by atoms with van der Waals surface area (Å²) in [5.41, 5.74) is 0. The molecule has 0 radical (unpaired) electrons. The maximum absolute atomic E-state index is 12.0. The second kappa shape index (κ2) is 8.70. The van der Waals surface area contributed by atoms with Gasteiger partial charge in [-0.15, -0.1) is 11.6 Å². The zero-order chi connectivity index (χ0) is 10.1. The molecule has 0 spiro atoms. The lowest BCUT2D eigenvalue weighted by molar-refractivity contribution is 0.0903. The maximum Gasteiger partial charge on any atom is 0.251 e. The van der Waals surface area contributed by atoms with Crippen LogP contribution in [0, 0.1) is 0 Å². The van der Waals surface area contributed by atoms with E-state index in [2.05, 4.69) is 6.92 Å². The number of hydrogen-bond acceptors (Lipinski definition) is 1. The molecule has 0 aromatic carbocycles. The molecule has 0 fully saturated rings. The largest absolute Gasteiger partial charge is 0.297 e. The van der Waals surface area contributed by atoms with Crippen molar-refractivity contribution in [2.24, 2.45) is 0 Å². The van der Waals surface area contributed by atoms with Gasteiger partial charge in [0.1, 0.15) is 0 Å². The Morgan fingerprint density at radius 2 is 1.92 bits per heavy atom. The van der Waals surface area contributed by atoms with Crippen molar-refractivity contribution >= 4 is 11.6 Å². The molecule has 13 heavy (non-hydrogen) atoms. The van der Waals surface area contributed by atoms with Crippen LogP contribution in [-0.4, -0.2) is 36.8 Å². The Balaban J connectivity index is 3.53. The summed E-state index contributed by atoms with van der Waals surface area (Å²) < 4.78 is 24.1. The molecule has 0 aliphatic heterocycles. The van der Waals surface area contributed by atoms with E-state index in [9.17, 15) is 8.78 Å². The van der Waals surface area contributed by atoms with Crippen molar-refractivity contribution in [3.05, 3.63) is 0 Å². The zero-order valence-corrected chi connectivity index (χ0v) is 8.86. The first kappa shape index (κ1) is 13.1. The van der Waals surface area contributed by atoms with E-state index in [0.717, 1.165) is 25.8 Å². The van der Waals surface area contributed by atoms with Gasteiger partial charge in [-0.05, 0) is 13.0 Å². The number of alkyl halides is 3. The third-order valence-corrected chi connectivity index (χ3v) is 2.04. The van der Waals surface area contributed by atoms with Crippen molar-refractivity contribution in [3.8, 4) is 0 Å². The molecule has 0 saturated carbocycles. The van der Waals surface area contributed by atoms with Crippen LogP contribution in [0.3, 0.4) is 0 Å². The molecule has 0 aromatic heterocycles. The van der Waals surface area contributed by atoms with Gasteiger partial charge in [0.2, 0.25) is 0 Å².